The lowest BCUT2D eigenvalue weighted by Crippen LogP contribution is -2.69. The molecule has 5 aliphatic carbocycles. The van der Waals surface area contributed by atoms with Gasteiger partial charge in [-0.3, -0.25) is 4.79 Å². The Bertz CT molecular complexity index is 845. The lowest BCUT2D eigenvalue weighted by atomic mass is 9.32. The molecule has 1 N–H and O–H groups in total. The predicted molar refractivity (Wildman–Crippen MR) is 126 cm³/mol. The van der Waals surface area contributed by atoms with E-state index < -0.39 is 5.60 Å². The van der Waals surface area contributed by atoms with Crippen molar-refractivity contribution in [3.63, 3.8) is 0 Å². The molecule has 0 spiro atoms. The Labute approximate surface area is 195 Å². The van der Waals surface area contributed by atoms with E-state index in [9.17, 15) is 9.90 Å². The largest absolute Gasteiger partial charge is 0.387 e. The summed E-state index contributed by atoms with van der Waals surface area (Å²) in [6, 6.07) is 0. The second kappa shape index (κ2) is 6.23. The molecule has 6 aliphatic rings. The van der Waals surface area contributed by atoms with Crippen molar-refractivity contribution >= 4 is 5.78 Å². The minimum absolute atomic E-state index is 0.0423. The fourth-order valence-corrected chi connectivity index (χ4v) is 11.7. The molecule has 0 aromatic rings. The van der Waals surface area contributed by atoms with Gasteiger partial charge in [0.2, 0.25) is 0 Å². The van der Waals surface area contributed by atoms with Gasteiger partial charge in [-0.1, -0.05) is 34.6 Å². The summed E-state index contributed by atoms with van der Waals surface area (Å²) < 4.78 is 6.60. The molecule has 180 valence electrons. The molecule has 32 heavy (non-hydrogen) atoms. The quantitative estimate of drug-likeness (QED) is 0.488. The van der Waals surface area contributed by atoms with Crippen LogP contribution in [0.2, 0.25) is 0 Å². The summed E-state index contributed by atoms with van der Waals surface area (Å²) >= 11 is 0. The van der Waals surface area contributed by atoms with Crippen LogP contribution >= 0.6 is 0 Å². The Morgan fingerprint density at radius 3 is 2.28 bits per heavy atom. The summed E-state index contributed by atoms with van der Waals surface area (Å²) in [5.41, 5.74) is 0.114. The van der Waals surface area contributed by atoms with Crippen LogP contribution in [0.4, 0.5) is 0 Å². The molecule has 3 heteroatoms. The van der Waals surface area contributed by atoms with Crippen molar-refractivity contribution in [2.75, 3.05) is 6.61 Å². The maximum Gasteiger partial charge on any atom is 0.138 e. The molecule has 2 bridgehead atoms. The summed E-state index contributed by atoms with van der Waals surface area (Å²) in [4.78, 5) is 12.9. The molecule has 6 rings (SSSR count). The van der Waals surface area contributed by atoms with Crippen LogP contribution in [-0.4, -0.2) is 28.7 Å². The third-order valence-electron chi connectivity index (χ3n) is 13.6. The SMILES string of the molecule is CC1(C)C(=O)CC[C@]2(C)[C@H]3CC[C@@H]4[C@H]5[C@H]6CC[C@@]5(CC[C@@]4(C)[C@]3(C)CC[C@@H]12)OC[C@@]6(C)O. The van der Waals surface area contributed by atoms with E-state index in [1.165, 1.54) is 38.5 Å². The van der Waals surface area contributed by atoms with Gasteiger partial charge in [0.1, 0.15) is 5.78 Å². The van der Waals surface area contributed by atoms with Crippen LogP contribution in [0.1, 0.15) is 106 Å². The monoisotopic (exact) mass is 442 g/mol. The topological polar surface area (TPSA) is 46.5 Å². The maximum absolute atomic E-state index is 12.9. The summed E-state index contributed by atoms with van der Waals surface area (Å²) in [7, 11) is 0. The number of rotatable bonds is 0. The smallest absolute Gasteiger partial charge is 0.138 e. The predicted octanol–water partition coefficient (Wildman–Crippen LogP) is 6.17. The first-order valence-electron chi connectivity index (χ1n) is 13.7. The molecule has 0 aromatic carbocycles. The van der Waals surface area contributed by atoms with Crippen molar-refractivity contribution in [3.8, 4) is 0 Å². The van der Waals surface area contributed by atoms with Gasteiger partial charge in [0, 0.05) is 11.8 Å². The van der Waals surface area contributed by atoms with E-state index in [2.05, 4.69) is 34.6 Å². The minimum atomic E-state index is -0.669. The fourth-order valence-electron chi connectivity index (χ4n) is 11.7. The van der Waals surface area contributed by atoms with Gasteiger partial charge in [0.05, 0.1) is 17.8 Å². The van der Waals surface area contributed by atoms with E-state index in [0.717, 1.165) is 25.7 Å². The number of ketones is 1. The highest BCUT2D eigenvalue weighted by molar-refractivity contribution is 5.85. The van der Waals surface area contributed by atoms with E-state index in [1.807, 2.05) is 6.92 Å². The number of aliphatic hydroxyl groups is 1. The van der Waals surface area contributed by atoms with Crippen LogP contribution in [0.25, 0.3) is 0 Å². The zero-order chi connectivity index (χ0) is 22.9. The van der Waals surface area contributed by atoms with Gasteiger partial charge >= 0.3 is 0 Å². The van der Waals surface area contributed by atoms with Crippen LogP contribution in [0.3, 0.4) is 0 Å². The maximum atomic E-state index is 12.9. The fraction of sp³-hybridized carbons (Fsp3) is 0.966. The van der Waals surface area contributed by atoms with E-state index in [0.29, 0.717) is 52.8 Å². The number of carbonyl (C=O) groups excluding carboxylic acids is 1. The standard InChI is InChI=1S/C29H46O3/c1-24(2)20-10-13-27(5)21(25(20,3)12-11-22(24)30)8-7-18-23-19-9-14-29(23,16-15-26(18,27)4)32-17-28(19,6)31/h18-21,23,31H,7-17H2,1-6H3/t18-,19-,20+,21-,23+,25+,26-,27-,28-,29+/m1/s1. The molecule has 0 radical (unpaired) electrons. The average Bonchev–Trinajstić information content (AvgIpc) is 3.05. The number of fused-ring (bicyclic) bond motifs is 5. The molecule has 1 saturated heterocycles. The average molecular weight is 443 g/mol. The number of hydrogen-bond donors (Lipinski definition) is 1. The molecule has 0 amide bonds. The van der Waals surface area contributed by atoms with Gasteiger partial charge in [-0.25, -0.2) is 0 Å². The Morgan fingerprint density at radius 2 is 1.53 bits per heavy atom. The van der Waals surface area contributed by atoms with Crippen LogP contribution in [0.5, 0.6) is 0 Å². The second-order valence-electron chi connectivity index (χ2n) is 14.7. The van der Waals surface area contributed by atoms with Crippen LogP contribution < -0.4 is 0 Å². The zero-order valence-corrected chi connectivity index (χ0v) is 21.4. The number of hydrogen-bond acceptors (Lipinski definition) is 3. The van der Waals surface area contributed by atoms with Crippen molar-refractivity contribution in [1.29, 1.82) is 0 Å². The number of carbonyl (C=O) groups is 1. The van der Waals surface area contributed by atoms with Gasteiger partial charge in [-0.15, -0.1) is 0 Å². The Balaban J connectivity index is 1.40. The van der Waals surface area contributed by atoms with Crippen molar-refractivity contribution in [1.82, 2.24) is 0 Å². The normalized spacial score (nSPS) is 60.7. The van der Waals surface area contributed by atoms with Crippen LogP contribution in [0.15, 0.2) is 0 Å². The number of Topliss-reactive ketones (excluding diaryl/α,β-unsaturated/α-hetero) is 1. The zero-order valence-electron chi connectivity index (χ0n) is 21.4. The van der Waals surface area contributed by atoms with Gasteiger partial charge in [-0.05, 0) is 111 Å². The van der Waals surface area contributed by atoms with Crippen LogP contribution in [-0.2, 0) is 9.53 Å². The van der Waals surface area contributed by atoms with Crippen molar-refractivity contribution < 1.29 is 14.6 Å². The second-order valence-corrected chi connectivity index (χ2v) is 14.7. The highest BCUT2D eigenvalue weighted by Gasteiger charge is 2.73. The molecule has 10 atom stereocenters. The van der Waals surface area contributed by atoms with Gasteiger partial charge in [-0.2, -0.15) is 0 Å². The molecule has 0 unspecified atom stereocenters. The minimum Gasteiger partial charge on any atom is -0.387 e. The van der Waals surface area contributed by atoms with Crippen LogP contribution in [0, 0.1) is 51.2 Å². The highest BCUT2D eigenvalue weighted by Crippen LogP contribution is 2.77. The first kappa shape index (κ1) is 22.1. The Kier molecular flexibility index (Phi) is 4.30. The third kappa shape index (κ3) is 2.34. The lowest BCUT2D eigenvalue weighted by Gasteiger charge is -2.73. The number of ether oxygens (including phenoxy) is 1. The molecule has 6 fully saturated rings. The van der Waals surface area contributed by atoms with Gasteiger partial charge in [0.25, 0.3) is 0 Å². The van der Waals surface area contributed by atoms with E-state index in [1.54, 1.807) is 0 Å². The van der Waals surface area contributed by atoms with Crippen molar-refractivity contribution in [2.24, 2.45) is 51.2 Å². The molecule has 1 aliphatic heterocycles. The molecule has 1 heterocycles. The molecule has 5 saturated carbocycles. The summed E-state index contributed by atoms with van der Waals surface area (Å²) in [6.07, 6.45) is 11.7. The molecule has 0 aromatic heterocycles. The van der Waals surface area contributed by atoms with Gasteiger partial charge < -0.3 is 9.84 Å². The first-order valence-corrected chi connectivity index (χ1v) is 13.7. The summed E-state index contributed by atoms with van der Waals surface area (Å²) in [5, 5.41) is 11.3. The molecular formula is C29H46O3. The third-order valence-corrected chi connectivity index (χ3v) is 13.6. The Morgan fingerprint density at radius 1 is 0.781 bits per heavy atom. The van der Waals surface area contributed by atoms with Crippen molar-refractivity contribution in [2.45, 2.75) is 117 Å². The van der Waals surface area contributed by atoms with E-state index >= 15 is 0 Å². The van der Waals surface area contributed by atoms with E-state index in [-0.39, 0.29) is 16.4 Å². The molecular weight excluding hydrogens is 396 g/mol. The van der Waals surface area contributed by atoms with Gasteiger partial charge in [0.15, 0.2) is 0 Å². The lowest BCUT2D eigenvalue weighted by molar-refractivity contribution is -0.283. The first-order chi connectivity index (χ1) is 14.8. The highest BCUT2D eigenvalue weighted by atomic mass is 16.5. The Hall–Kier alpha value is -0.410. The van der Waals surface area contributed by atoms with Crippen molar-refractivity contribution in [3.05, 3.63) is 0 Å². The van der Waals surface area contributed by atoms with E-state index in [4.69, 9.17) is 4.74 Å². The molecule has 3 nitrogen and oxygen atoms in total. The summed E-state index contributed by atoms with van der Waals surface area (Å²) in [6.45, 7) is 14.9. The summed E-state index contributed by atoms with van der Waals surface area (Å²) in [5.74, 6) is 3.33.